The Morgan fingerprint density at radius 2 is 1.71 bits per heavy atom. The van der Waals surface area contributed by atoms with Crippen LogP contribution in [0.15, 0.2) is 60.7 Å². The van der Waals surface area contributed by atoms with Crippen LogP contribution in [0.25, 0.3) is 10.6 Å². The van der Waals surface area contributed by atoms with E-state index in [1.807, 2.05) is 48.5 Å². The van der Waals surface area contributed by atoms with Crippen LogP contribution >= 0.6 is 11.3 Å². The molecule has 0 spiro atoms. The molecule has 5 nitrogen and oxygen atoms in total. The molecule has 0 saturated heterocycles. The summed E-state index contributed by atoms with van der Waals surface area (Å²) in [5.41, 5.74) is 2.79. The van der Waals surface area contributed by atoms with Gasteiger partial charge in [0.1, 0.15) is 9.88 Å². The maximum Gasteiger partial charge on any atom is 0.350 e. The number of nitrogens with zero attached hydrogens (tertiary/aromatic N) is 1. The summed E-state index contributed by atoms with van der Waals surface area (Å²) in [5.74, 6) is -0.816. The fraction of sp³-hybridized carbons (Fsp3) is 0.227. The second-order valence-corrected chi connectivity index (χ2v) is 7.31. The fourth-order valence-electron chi connectivity index (χ4n) is 2.70. The van der Waals surface area contributed by atoms with Crippen molar-refractivity contribution >= 4 is 23.2 Å². The highest BCUT2D eigenvalue weighted by Crippen LogP contribution is 2.28. The van der Waals surface area contributed by atoms with Crippen molar-refractivity contribution in [1.29, 1.82) is 0 Å². The van der Waals surface area contributed by atoms with Gasteiger partial charge in [-0.1, -0.05) is 60.7 Å². The predicted octanol–water partition coefficient (Wildman–Crippen LogP) is 4.02. The summed E-state index contributed by atoms with van der Waals surface area (Å²) in [6.45, 7) is 2.02. The van der Waals surface area contributed by atoms with Gasteiger partial charge in [-0.3, -0.25) is 4.79 Å². The molecule has 144 valence electrons. The minimum Gasteiger partial charge on any atom is -0.451 e. The monoisotopic (exact) mass is 394 g/mol. The van der Waals surface area contributed by atoms with Crippen LogP contribution in [0.4, 0.5) is 0 Å². The minimum absolute atomic E-state index is 0.290. The molecule has 0 fully saturated rings. The third-order valence-corrected chi connectivity index (χ3v) is 5.33. The summed E-state index contributed by atoms with van der Waals surface area (Å²) >= 11 is 1.27. The van der Waals surface area contributed by atoms with Crippen molar-refractivity contribution in [3.63, 3.8) is 0 Å². The van der Waals surface area contributed by atoms with Crippen molar-refractivity contribution < 1.29 is 14.3 Å². The SMILES string of the molecule is Cc1nc(-c2ccccc2)sc1C(=O)OCC(=O)NCCCc1ccccc1. The Bertz CT molecular complexity index is 923. The van der Waals surface area contributed by atoms with E-state index in [0.717, 1.165) is 23.4 Å². The Labute approximate surface area is 168 Å². The molecular weight excluding hydrogens is 372 g/mol. The van der Waals surface area contributed by atoms with Crippen LogP contribution < -0.4 is 5.32 Å². The lowest BCUT2D eigenvalue weighted by atomic mass is 10.1. The second kappa shape index (κ2) is 9.80. The number of amides is 1. The fourth-order valence-corrected chi connectivity index (χ4v) is 3.67. The smallest absolute Gasteiger partial charge is 0.350 e. The number of nitrogens with one attached hydrogen (secondary N) is 1. The van der Waals surface area contributed by atoms with Gasteiger partial charge in [0.15, 0.2) is 6.61 Å². The van der Waals surface area contributed by atoms with E-state index in [4.69, 9.17) is 4.74 Å². The molecule has 0 aliphatic rings. The van der Waals surface area contributed by atoms with Gasteiger partial charge in [0, 0.05) is 12.1 Å². The lowest BCUT2D eigenvalue weighted by molar-refractivity contribution is -0.124. The predicted molar refractivity (Wildman–Crippen MR) is 110 cm³/mol. The maximum absolute atomic E-state index is 12.3. The van der Waals surface area contributed by atoms with E-state index in [9.17, 15) is 9.59 Å². The Morgan fingerprint density at radius 3 is 2.43 bits per heavy atom. The molecule has 0 saturated carbocycles. The van der Waals surface area contributed by atoms with E-state index in [1.165, 1.54) is 16.9 Å². The zero-order valence-electron chi connectivity index (χ0n) is 15.7. The molecule has 3 rings (SSSR count). The first kappa shape index (κ1) is 19.8. The average Bonchev–Trinajstić information content (AvgIpc) is 3.12. The van der Waals surface area contributed by atoms with E-state index in [2.05, 4.69) is 22.4 Å². The van der Waals surface area contributed by atoms with Crippen LogP contribution in [0, 0.1) is 6.92 Å². The average molecular weight is 394 g/mol. The molecule has 0 aliphatic carbocycles. The summed E-state index contributed by atoms with van der Waals surface area (Å²) in [4.78, 5) is 29.1. The highest BCUT2D eigenvalue weighted by molar-refractivity contribution is 7.17. The molecule has 1 aromatic heterocycles. The molecule has 1 heterocycles. The van der Waals surface area contributed by atoms with Crippen molar-refractivity contribution in [2.75, 3.05) is 13.2 Å². The highest BCUT2D eigenvalue weighted by atomic mass is 32.1. The van der Waals surface area contributed by atoms with Gasteiger partial charge in [-0.15, -0.1) is 11.3 Å². The second-order valence-electron chi connectivity index (χ2n) is 6.31. The first-order valence-electron chi connectivity index (χ1n) is 9.14. The summed E-state index contributed by atoms with van der Waals surface area (Å²) in [7, 11) is 0. The number of ether oxygens (including phenoxy) is 1. The van der Waals surface area contributed by atoms with Crippen molar-refractivity contribution in [3.05, 3.63) is 76.8 Å². The van der Waals surface area contributed by atoms with Gasteiger partial charge in [-0.2, -0.15) is 0 Å². The Balaban J connectivity index is 1.43. The number of esters is 1. The van der Waals surface area contributed by atoms with E-state index in [-0.39, 0.29) is 12.5 Å². The number of carbonyl (C=O) groups excluding carboxylic acids is 2. The lowest BCUT2D eigenvalue weighted by Crippen LogP contribution is -2.29. The third-order valence-electron chi connectivity index (χ3n) is 4.14. The molecular formula is C22H22N2O3S. The molecule has 3 aromatic rings. The van der Waals surface area contributed by atoms with Crippen molar-refractivity contribution in [2.45, 2.75) is 19.8 Å². The van der Waals surface area contributed by atoms with Gasteiger partial charge in [-0.25, -0.2) is 9.78 Å². The highest BCUT2D eigenvalue weighted by Gasteiger charge is 2.18. The van der Waals surface area contributed by atoms with Crippen LogP contribution in [0.3, 0.4) is 0 Å². The molecule has 0 aliphatic heterocycles. The number of hydrogen-bond acceptors (Lipinski definition) is 5. The molecule has 28 heavy (non-hydrogen) atoms. The summed E-state index contributed by atoms with van der Waals surface area (Å²) in [6.07, 6.45) is 1.72. The van der Waals surface area contributed by atoms with Crippen LogP contribution in [0.2, 0.25) is 0 Å². The van der Waals surface area contributed by atoms with Crippen LogP contribution in [0.1, 0.15) is 27.3 Å². The molecule has 0 radical (unpaired) electrons. The first-order chi connectivity index (χ1) is 13.6. The minimum atomic E-state index is -0.517. The van der Waals surface area contributed by atoms with Gasteiger partial charge in [0.2, 0.25) is 0 Å². The van der Waals surface area contributed by atoms with E-state index in [1.54, 1.807) is 6.92 Å². The molecule has 0 atom stereocenters. The lowest BCUT2D eigenvalue weighted by Gasteiger charge is -2.06. The first-order valence-corrected chi connectivity index (χ1v) is 9.96. The number of rotatable bonds is 8. The van der Waals surface area contributed by atoms with Gasteiger partial charge in [-0.05, 0) is 25.3 Å². The number of benzene rings is 2. The molecule has 0 unspecified atom stereocenters. The normalized spacial score (nSPS) is 10.5. The summed E-state index contributed by atoms with van der Waals surface area (Å²) in [6, 6.07) is 19.8. The molecule has 0 bridgehead atoms. The Morgan fingerprint density at radius 1 is 1.04 bits per heavy atom. The van der Waals surface area contributed by atoms with Crippen molar-refractivity contribution in [3.8, 4) is 10.6 Å². The van der Waals surface area contributed by atoms with E-state index >= 15 is 0 Å². The molecule has 1 N–H and O–H groups in total. The Hall–Kier alpha value is -2.99. The number of hydrogen-bond donors (Lipinski definition) is 1. The zero-order chi connectivity index (χ0) is 19.8. The third kappa shape index (κ3) is 5.50. The van der Waals surface area contributed by atoms with Crippen molar-refractivity contribution in [1.82, 2.24) is 10.3 Å². The van der Waals surface area contributed by atoms with Crippen LogP contribution in [0.5, 0.6) is 0 Å². The van der Waals surface area contributed by atoms with E-state index < -0.39 is 5.97 Å². The number of carbonyl (C=O) groups is 2. The number of aromatic nitrogens is 1. The zero-order valence-corrected chi connectivity index (χ0v) is 16.5. The molecule has 6 heteroatoms. The van der Waals surface area contributed by atoms with Gasteiger partial charge < -0.3 is 10.1 Å². The van der Waals surface area contributed by atoms with Gasteiger partial charge in [0.25, 0.3) is 5.91 Å². The summed E-state index contributed by atoms with van der Waals surface area (Å²) in [5, 5.41) is 3.54. The molecule has 2 aromatic carbocycles. The summed E-state index contributed by atoms with van der Waals surface area (Å²) < 4.78 is 5.15. The van der Waals surface area contributed by atoms with Crippen LogP contribution in [-0.2, 0) is 16.0 Å². The maximum atomic E-state index is 12.3. The van der Waals surface area contributed by atoms with Crippen molar-refractivity contribution in [2.24, 2.45) is 0 Å². The number of thiazole rings is 1. The van der Waals surface area contributed by atoms with Crippen LogP contribution in [-0.4, -0.2) is 30.0 Å². The molecule has 1 amide bonds. The van der Waals surface area contributed by atoms with E-state index in [0.29, 0.717) is 17.1 Å². The quantitative estimate of drug-likeness (QED) is 0.463. The largest absolute Gasteiger partial charge is 0.451 e. The van der Waals surface area contributed by atoms with Gasteiger partial charge >= 0.3 is 5.97 Å². The Kier molecular flexibility index (Phi) is 6.92. The standard InChI is InChI=1S/C22H22N2O3S/c1-16-20(28-21(24-16)18-12-6-3-7-13-18)22(26)27-15-19(25)23-14-8-11-17-9-4-2-5-10-17/h2-7,9-10,12-13H,8,11,14-15H2,1H3,(H,23,25). The van der Waals surface area contributed by atoms with Gasteiger partial charge in [0.05, 0.1) is 5.69 Å². The number of aryl methyl sites for hydroxylation is 2. The topological polar surface area (TPSA) is 68.3 Å².